The number of rotatable bonds is 4. The van der Waals surface area contributed by atoms with Gasteiger partial charge >= 0.3 is 0 Å². The highest BCUT2D eigenvalue weighted by Gasteiger charge is 2.22. The largest absolute Gasteiger partial charge is 0.493 e. The predicted octanol–water partition coefficient (Wildman–Crippen LogP) is 1.57. The molecule has 0 aliphatic heterocycles. The van der Waals surface area contributed by atoms with Crippen molar-refractivity contribution in [3.8, 4) is 11.5 Å². The second kappa shape index (κ2) is 5.46. The zero-order valence-electron chi connectivity index (χ0n) is 10.8. The first-order valence-electron chi connectivity index (χ1n) is 5.53. The van der Waals surface area contributed by atoms with Crippen molar-refractivity contribution in [2.24, 2.45) is 7.05 Å². The van der Waals surface area contributed by atoms with Gasteiger partial charge in [-0.15, -0.1) is 5.10 Å². The number of aliphatic hydroxyl groups is 1. The van der Waals surface area contributed by atoms with Crippen LogP contribution < -0.4 is 9.47 Å². The van der Waals surface area contributed by atoms with Gasteiger partial charge in [-0.2, -0.15) is 0 Å². The molecule has 0 aliphatic carbocycles. The van der Waals surface area contributed by atoms with E-state index in [1.54, 1.807) is 19.2 Å². The standard InChI is InChI=1S/C12H14ClN3O3/c1-16-8(6-14-15-16)11(17)7-4-5-9(18-2)12(19-3)10(7)13/h4-6,11,17H,1-3H3. The SMILES string of the molecule is COc1ccc(C(O)c2cnnn2C)c(Cl)c1OC. The van der Waals surface area contributed by atoms with Crippen molar-refractivity contribution < 1.29 is 14.6 Å². The molecule has 1 atom stereocenters. The van der Waals surface area contributed by atoms with Crippen LogP contribution in [0.25, 0.3) is 0 Å². The van der Waals surface area contributed by atoms with Crippen molar-refractivity contribution in [2.75, 3.05) is 14.2 Å². The molecule has 2 aromatic rings. The molecule has 0 spiro atoms. The fourth-order valence-corrected chi connectivity index (χ4v) is 2.16. The van der Waals surface area contributed by atoms with Crippen LogP contribution in [0.1, 0.15) is 17.4 Å². The van der Waals surface area contributed by atoms with Crippen LogP contribution >= 0.6 is 11.6 Å². The van der Waals surface area contributed by atoms with Gasteiger partial charge in [0.25, 0.3) is 0 Å². The Labute approximate surface area is 115 Å². The van der Waals surface area contributed by atoms with Crippen molar-refractivity contribution in [1.82, 2.24) is 15.0 Å². The predicted molar refractivity (Wildman–Crippen MR) is 69.6 cm³/mol. The molecule has 0 amide bonds. The third kappa shape index (κ3) is 2.36. The van der Waals surface area contributed by atoms with Crippen LogP contribution in [-0.4, -0.2) is 34.3 Å². The minimum atomic E-state index is -0.938. The maximum Gasteiger partial charge on any atom is 0.179 e. The van der Waals surface area contributed by atoms with E-state index in [9.17, 15) is 5.11 Å². The van der Waals surface area contributed by atoms with E-state index in [0.29, 0.717) is 27.8 Å². The molecule has 0 fully saturated rings. The lowest BCUT2D eigenvalue weighted by Crippen LogP contribution is -2.08. The number of halogens is 1. The molecule has 0 aliphatic rings. The molecule has 1 aromatic heterocycles. The molecular formula is C12H14ClN3O3. The fourth-order valence-electron chi connectivity index (χ4n) is 1.82. The van der Waals surface area contributed by atoms with Gasteiger partial charge in [0, 0.05) is 12.6 Å². The molecule has 1 aromatic carbocycles. The first kappa shape index (κ1) is 13.6. The van der Waals surface area contributed by atoms with Gasteiger partial charge in [0.15, 0.2) is 11.5 Å². The Morgan fingerprint density at radius 1 is 1.32 bits per heavy atom. The summed E-state index contributed by atoms with van der Waals surface area (Å²) >= 11 is 6.24. The number of aliphatic hydroxyl groups excluding tert-OH is 1. The van der Waals surface area contributed by atoms with Crippen LogP contribution in [0.5, 0.6) is 11.5 Å². The summed E-state index contributed by atoms with van der Waals surface area (Å²) in [6, 6.07) is 3.37. The summed E-state index contributed by atoms with van der Waals surface area (Å²) in [6.07, 6.45) is 0.546. The highest BCUT2D eigenvalue weighted by molar-refractivity contribution is 6.33. The number of methoxy groups -OCH3 is 2. The van der Waals surface area contributed by atoms with Gasteiger partial charge in [-0.1, -0.05) is 22.9 Å². The van der Waals surface area contributed by atoms with E-state index >= 15 is 0 Å². The minimum Gasteiger partial charge on any atom is -0.493 e. The smallest absolute Gasteiger partial charge is 0.179 e. The van der Waals surface area contributed by atoms with Gasteiger partial charge < -0.3 is 14.6 Å². The van der Waals surface area contributed by atoms with Crippen molar-refractivity contribution in [1.29, 1.82) is 0 Å². The summed E-state index contributed by atoms with van der Waals surface area (Å²) in [5.74, 6) is 0.891. The lowest BCUT2D eigenvalue weighted by atomic mass is 10.1. The summed E-state index contributed by atoms with van der Waals surface area (Å²) in [4.78, 5) is 0. The molecule has 0 saturated carbocycles. The topological polar surface area (TPSA) is 69.4 Å². The van der Waals surface area contributed by atoms with Crippen molar-refractivity contribution in [3.05, 3.63) is 34.6 Å². The molecule has 2 rings (SSSR count). The molecule has 1 unspecified atom stereocenters. The number of aromatic nitrogens is 3. The first-order chi connectivity index (χ1) is 9.10. The van der Waals surface area contributed by atoms with E-state index in [1.165, 1.54) is 25.1 Å². The molecule has 0 bridgehead atoms. The van der Waals surface area contributed by atoms with Gasteiger partial charge in [0.05, 0.1) is 31.1 Å². The normalized spacial score (nSPS) is 12.3. The zero-order valence-corrected chi connectivity index (χ0v) is 11.5. The molecular weight excluding hydrogens is 270 g/mol. The van der Waals surface area contributed by atoms with Gasteiger partial charge in [-0.05, 0) is 6.07 Å². The number of nitrogens with zero attached hydrogens (tertiary/aromatic N) is 3. The van der Waals surface area contributed by atoms with E-state index < -0.39 is 6.10 Å². The van der Waals surface area contributed by atoms with E-state index in [-0.39, 0.29) is 0 Å². The van der Waals surface area contributed by atoms with Gasteiger partial charge in [0.1, 0.15) is 6.10 Å². The van der Waals surface area contributed by atoms with Crippen molar-refractivity contribution in [2.45, 2.75) is 6.10 Å². The minimum absolute atomic E-state index is 0.301. The Bertz CT molecular complexity index is 586. The van der Waals surface area contributed by atoms with Gasteiger partial charge in [-0.3, -0.25) is 0 Å². The second-order valence-electron chi connectivity index (χ2n) is 3.89. The molecule has 0 radical (unpaired) electrons. The molecule has 1 heterocycles. The number of ether oxygens (including phenoxy) is 2. The second-order valence-corrected chi connectivity index (χ2v) is 4.27. The number of benzene rings is 1. The van der Waals surface area contributed by atoms with Crippen molar-refractivity contribution in [3.63, 3.8) is 0 Å². The maximum absolute atomic E-state index is 10.3. The summed E-state index contributed by atoms with van der Waals surface area (Å²) in [5, 5.41) is 18.2. The Morgan fingerprint density at radius 2 is 2.05 bits per heavy atom. The summed E-state index contributed by atoms with van der Waals surface area (Å²) in [5.41, 5.74) is 1.04. The van der Waals surface area contributed by atoms with Crippen LogP contribution in [0.3, 0.4) is 0 Å². The Kier molecular flexibility index (Phi) is 3.92. The lowest BCUT2D eigenvalue weighted by molar-refractivity contribution is 0.209. The van der Waals surface area contributed by atoms with Crippen LogP contribution in [0.4, 0.5) is 0 Å². The van der Waals surface area contributed by atoms with Crippen molar-refractivity contribution >= 4 is 11.6 Å². The van der Waals surface area contributed by atoms with Gasteiger partial charge in [0.2, 0.25) is 0 Å². The Hall–Kier alpha value is -1.79. The quantitative estimate of drug-likeness (QED) is 0.922. The number of hydrogen-bond donors (Lipinski definition) is 1. The average molecular weight is 284 g/mol. The van der Waals surface area contributed by atoms with E-state index in [4.69, 9.17) is 21.1 Å². The molecule has 7 heteroatoms. The third-order valence-electron chi connectivity index (χ3n) is 2.84. The van der Waals surface area contributed by atoms with E-state index in [0.717, 1.165) is 0 Å². The third-order valence-corrected chi connectivity index (χ3v) is 3.23. The molecule has 1 N–H and O–H groups in total. The van der Waals surface area contributed by atoms with Gasteiger partial charge in [-0.25, -0.2) is 4.68 Å². The maximum atomic E-state index is 10.3. The fraction of sp³-hybridized carbons (Fsp3) is 0.333. The Morgan fingerprint density at radius 3 is 2.58 bits per heavy atom. The van der Waals surface area contributed by atoms with Crippen LogP contribution in [0.15, 0.2) is 18.3 Å². The van der Waals surface area contributed by atoms with E-state index in [2.05, 4.69) is 10.3 Å². The monoisotopic (exact) mass is 283 g/mol. The summed E-state index contributed by atoms with van der Waals surface area (Å²) in [7, 11) is 4.71. The molecule has 0 saturated heterocycles. The number of aryl methyl sites for hydroxylation is 1. The zero-order chi connectivity index (χ0) is 14.0. The van der Waals surface area contributed by atoms with Crippen LogP contribution in [-0.2, 0) is 7.05 Å². The average Bonchev–Trinajstić information content (AvgIpc) is 2.83. The molecule has 19 heavy (non-hydrogen) atoms. The Balaban J connectivity index is 2.49. The highest BCUT2D eigenvalue weighted by Crippen LogP contribution is 2.40. The first-order valence-corrected chi connectivity index (χ1v) is 5.91. The van der Waals surface area contributed by atoms with E-state index in [1.807, 2.05) is 0 Å². The highest BCUT2D eigenvalue weighted by atomic mass is 35.5. The van der Waals surface area contributed by atoms with Crippen LogP contribution in [0.2, 0.25) is 5.02 Å². The lowest BCUT2D eigenvalue weighted by Gasteiger charge is -2.16. The van der Waals surface area contributed by atoms with Crippen LogP contribution in [0, 0.1) is 0 Å². The molecule has 6 nitrogen and oxygen atoms in total. The summed E-state index contributed by atoms with van der Waals surface area (Å²) < 4.78 is 11.8. The summed E-state index contributed by atoms with van der Waals surface area (Å²) in [6.45, 7) is 0. The molecule has 102 valence electrons. The number of hydrogen-bond acceptors (Lipinski definition) is 5.